The number of nitrogens with zero attached hydrogens (tertiary/aromatic N) is 1. The predicted octanol–water partition coefficient (Wildman–Crippen LogP) is 3.99. The minimum atomic E-state index is -5.15. The molecule has 6 nitrogen and oxygen atoms in total. The molecule has 39 heavy (non-hydrogen) atoms. The van der Waals surface area contributed by atoms with E-state index in [2.05, 4.69) is 0 Å². The standard InChI is InChI=1S/C27H28F5NO5S/c1-24(29,27(30,31)32)18-4-7-20-21(14-18)38-16-22-25(20,15-17-2-5-19(28)6-3-17)8-11-33(22)23(34)26(35)9-12-39(36,37)13-10-26/h2-7,14,22,35H,8-13,15-16H2,1H3. The average molecular weight is 574 g/mol. The highest BCUT2D eigenvalue weighted by molar-refractivity contribution is 7.91. The largest absolute Gasteiger partial charge is 0.491 e. The number of hydrogen-bond acceptors (Lipinski definition) is 5. The Balaban J connectivity index is 1.55. The van der Waals surface area contributed by atoms with Crippen LogP contribution in [0.5, 0.6) is 5.75 Å². The summed E-state index contributed by atoms with van der Waals surface area (Å²) in [5.41, 5.74) is -5.80. The molecule has 0 bridgehead atoms. The average Bonchev–Trinajstić information content (AvgIpc) is 3.25. The van der Waals surface area contributed by atoms with Crippen LogP contribution in [0, 0.1) is 5.82 Å². The third-order valence-corrected chi connectivity index (χ3v) is 10.2. The lowest BCUT2D eigenvalue weighted by Gasteiger charge is -2.45. The third-order valence-electron chi connectivity index (χ3n) is 8.55. The Labute approximate surface area is 222 Å². The molecule has 0 aromatic heterocycles. The molecule has 2 saturated heterocycles. The number of carbonyl (C=O) groups excluding carboxylic acids is 1. The smallest absolute Gasteiger partial charge is 0.426 e. The van der Waals surface area contributed by atoms with Crippen LogP contribution in [0.2, 0.25) is 0 Å². The van der Waals surface area contributed by atoms with E-state index in [1.54, 1.807) is 12.1 Å². The zero-order valence-electron chi connectivity index (χ0n) is 21.1. The number of ether oxygens (including phenoxy) is 1. The predicted molar refractivity (Wildman–Crippen MR) is 131 cm³/mol. The molecule has 0 saturated carbocycles. The summed E-state index contributed by atoms with van der Waals surface area (Å²) in [6.45, 7) is 0.482. The minimum Gasteiger partial charge on any atom is -0.491 e. The number of alkyl halides is 4. The molecule has 3 atom stereocenters. The molecule has 2 aromatic rings. The molecule has 12 heteroatoms. The van der Waals surface area contributed by atoms with Gasteiger partial charge in [-0.1, -0.05) is 24.3 Å². The summed E-state index contributed by atoms with van der Waals surface area (Å²) in [6, 6.07) is 8.56. The van der Waals surface area contributed by atoms with Crippen molar-refractivity contribution in [1.82, 2.24) is 4.90 Å². The van der Waals surface area contributed by atoms with Gasteiger partial charge in [0.05, 0.1) is 17.5 Å². The summed E-state index contributed by atoms with van der Waals surface area (Å²) in [5, 5.41) is 11.1. The summed E-state index contributed by atoms with van der Waals surface area (Å²) in [5.74, 6) is -1.65. The van der Waals surface area contributed by atoms with E-state index in [-0.39, 0.29) is 49.7 Å². The maximum Gasteiger partial charge on any atom is 0.426 e. The second kappa shape index (κ2) is 9.15. The van der Waals surface area contributed by atoms with Crippen molar-refractivity contribution in [2.75, 3.05) is 24.7 Å². The van der Waals surface area contributed by atoms with E-state index in [1.807, 2.05) is 0 Å². The van der Waals surface area contributed by atoms with Crippen molar-refractivity contribution in [1.29, 1.82) is 0 Å². The molecule has 2 aromatic carbocycles. The van der Waals surface area contributed by atoms with Crippen LogP contribution in [0.25, 0.3) is 0 Å². The van der Waals surface area contributed by atoms with E-state index in [4.69, 9.17) is 4.74 Å². The number of sulfone groups is 1. The van der Waals surface area contributed by atoms with Gasteiger partial charge in [-0.3, -0.25) is 4.79 Å². The van der Waals surface area contributed by atoms with Crippen molar-refractivity contribution in [2.45, 2.75) is 61.5 Å². The monoisotopic (exact) mass is 573 g/mol. The highest BCUT2D eigenvalue weighted by Crippen LogP contribution is 2.52. The molecular weight excluding hydrogens is 545 g/mol. The Kier molecular flexibility index (Phi) is 6.53. The normalized spacial score (nSPS) is 27.2. The number of aliphatic hydroxyl groups is 1. The number of halogens is 5. The number of hydrogen-bond donors (Lipinski definition) is 1. The van der Waals surface area contributed by atoms with Crippen LogP contribution in [0.3, 0.4) is 0 Å². The van der Waals surface area contributed by atoms with Gasteiger partial charge in [0.2, 0.25) is 5.67 Å². The molecular formula is C27H28F5NO5S. The molecule has 3 aliphatic rings. The quantitative estimate of drug-likeness (QED) is 0.560. The lowest BCUT2D eigenvalue weighted by Crippen LogP contribution is -2.58. The zero-order valence-corrected chi connectivity index (χ0v) is 21.9. The van der Waals surface area contributed by atoms with E-state index in [9.17, 15) is 40.3 Å². The second-order valence-corrected chi connectivity index (χ2v) is 13.2. The number of fused-ring (bicyclic) bond motifs is 3. The van der Waals surface area contributed by atoms with Crippen LogP contribution in [-0.4, -0.2) is 66.8 Å². The summed E-state index contributed by atoms with van der Waals surface area (Å²) < 4.78 is 98.3. The molecule has 3 heterocycles. The van der Waals surface area contributed by atoms with Gasteiger partial charge in [0, 0.05) is 23.1 Å². The van der Waals surface area contributed by atoms with Crippen LogP contribution >= 0.6 is 0 Å². The summed E-state index contributed by atoms with van der Waals surface area (Å²) in [6.07, 6.45) is -5.01. The SMILES string of the molecule is CC(F)(c1ccc2c(c1)OCC1N(C(=O)C3(O)CCS(=O)(=O)CC3)CCC21Cc1ccc(F)cc1)C(F)(F)F. The van der Waals surface area contributed by atoms with Gasteiger partial charge in [0.15, 0.2) is 9.84 Å². The van der Waals surface area contributed by atoms with Gasteiger partial charge >= 0.3 is 6.18 Å². The Hall–Kier alpha value is -2.73. The number of rotatable bonds is 4. The molecule has 2 fully saturated rings. The maximum absolute atomic E-state index is 14.8. The van der Waals surface area contributed by atoms with Crippen LogP contribution in [0.1, 0.15) is 42.9 Å². The molecule has 1 N–H and O–H groups in total. The third kappa shape index (κ3) is 4.69. The van der Waals surface area contributed by atoms with Crippen molar-refractivity contribution in [3.63, 3.8) is 0 Å². The van der Waals surface area contributed by atoms with Gasteiger partial charge in [-0.05, 0) is 56.4 Å². The molecule has 212 valence electrons. The first-order valence-electron chi connectivity index (χ1n) is 12.6. The Morgan fingerprint density at radius 3 is 2.33 bits per heavy atom. The second-order valence-electron chi connectivity index (χ2n) is 10.9. The fourth-order valence-electron chi connectivity index (χ4n) is 6.05. The number of benzene rings is 2. The van der Waals surface area contributed by atoms with Crippen molar-refractivity contribution in [2.24, 2.45) is 0 Å². The van der Waals surface area contributed by atoms with Crippen molar-refractivity contribution in [3.05, 3.63) is 65.0 Å². The van der Waals surface area contributed by atoms with Crippen molar-refractivity contribution in [3.8, 4) is 5.75 Å². The summed E-state index contributed by atoms with van der Waals surface area (Å²) >= 11 is 0. The molecule has 1 amide bonds. The number of amides is 1. The zero-order chi connectivity index (χ0) is 28.4. The van der Waals surface area contributed by atoms with Crippen LogP contribution in [0.4, 0.5) is 22.0 Å². The van der Waals surface area contributed by atoms with Gasteiger partial charge in [0.25, 0.3) is 5.91 Å². The first-order valence-corrected chi connectivity index (χ1v) is 14.4. The minimum absolute atomic E-state index is 0.0655. The Morgan fingerprint density at radius 1 is 1.08 bits per heavy atom. The molecule has 3 aliphatic heterocycles. The van der Waals surface area contributed by atoms with Gasteiger partial charge in [0.1, 0.15) is 23.8 Å². The number of likely N-dealkylation sites (tertiary alicyclic amines) is 1. The fourth-order valence-corrected chi connectivity index (χ4v) is 7.55. The summed E-state index contributed by atoms with van der Waals surface area (Å²) in [4.78, 5) is 15.1. The molecule has 3 unspecified atom stereocenters. The van der Waals surface area contributed by atoms with E-state index in [0.29, 0.717) is 24.5 Å². The van der Waals surface area contributed by atoms with Crippen LogP contribution in [0.15, 0.2) is 42.5 Å². The van der Waals surface area contributed by atoms with Crippen molar-refractivity contribution >= 4 is 15.7 Å². The summed E-state index contributed by atoms with van der Waals surface area (Å²) in [7, 11) is -3.35. The molecule has 0 radical (unpaired) electrons. The van der Waals surface area contributed by atoms with Gasteiger partial charge in [-0.2, -0.15) is 13.2 Å². The van der Waals surface area contributed by atoms with Crippen LogP contribution in [-0.2, 0) is 32.1 Å². The molecule has 5 rings (SSSR count). The molecule has 0 aliphatic carbocycles. The first-order chi connectivity index (χ1) is 18.1. The van der Waals surface area contributed by atoms with Gasteiger partial charge in [-0.25, -0.2) is 17.2 Å². The van der Waals surface area contributed by atoms with E-state index < -0.39 is 56.0 Å². The van der Waals surface area contributed by atoms with E-state index >= 15 is 0 Å². The Morgan fingerprint density at radius 2 is 1.72 bits per heavy atom. The highest BCUT2D eigenvalue weighted by atomic mass is 32.2. The molecule has 0 spiro atoms. The van der Waals surface area contributed by atoms with Crippen LogP contribution < -0.4 is 4.74 Å². The number of carbonyl (C=O) groups is 1. The topological polar surface area (TPSA) is 83.9 Å². The highest BCUT2D eigenvalue weighted by Gasteiger charge is 2.58. The van der Waals surface area contributed by atoms with Crippen molar-refractivity contribution < 1.29 is 45.0 Å². The first kappa shape index (κ1) is 27.8. The Bertz CT molecular complexity index is 1380. The van der Waals surface area contributed by atoms with Gasteiger partial charge < -0.3 is 14.7 Å². The fraction of sp³-hybridized carbons (Fsp3) is 0.519. The lowest BCUT2D eigenvalue weighted by molar-refractivity contribution is -0.228. The van der Waals surface area contributed by atoms with E-state index in [1.165, 1.54) is 23.1 Å². The lowest BCUT2D eigenvalue weighted by atomic mass is 9.68. The maximum atomic E-state index is 14.8. The van der Waals surface area contributed by atoms with Gasteiger partial charge in [-0.15, -0.1) is 0 Å². The van der Waals surface area contributed by atoms with E-state index in [0.717, 1.165) is 12.1 Å².